The van der Waals surface area contributed by atoms with Crippen LogP contribution in [0.25, 0.3) is 0 Å². The molecule has 0 N–H and O–H groups in total. The lowest BCUT2D eigenvalue weighted by atomic mass is 9.72. The Kier molecular flexibility index (Phi) is 4.46. The van der Waals surface area contributed by atoms with Gasteiger partial charge in [-0.05, 0) is 59.9 Å². The number of nitrogens with zero attached hydrogens (tertiary/aromatic N) is 4. The lowest BCUT2D eigenvalue weighted by Gasteiger charge is -2.31. The van der Waals surface area contributed by atoms with E-state index >= 15 is 0 Å². The van der Waals surface area contributed by atoms with Crippen LogP contribution in [-0.4, -0.2) is 35.0 Å². The van der Waals surface area contributed by atoms with Crippen molar-refractivity contribution in [2.75, 3.05) is 19.1 Å². The Morgan fingerprint density at radius 3 is 1.89 bits per heavy atom. The number of carbonyl (C=O) groups excluding carboxylic acids is 1. The number of aromatic nitrogens is 2. The number of hydrogen-bond acceptors (Lipinski definition) is 4. The van der Waals surface area contributed by atoms with Crippen LogP contribution in [0.2, 0.25) is 0 Å². The molecular formula is C22H22N4O. The summed E-state index contributed by atoms with van der Waals surface area (Å²) in [5.41, 5.74) is 3.56. The maximum absolute atomic E-state index is 13.8. The molecule has 0 bridgehead atoms. The van der Waals surface area contributed by atoms with Gasteiger partial charge < -0.3 is 0 Å². The normalized spacial score (nSPS) is 15.2. The van der Waals surface area contributed by atoms with E-state index in [0.717, 1.165) is 22.4 Å². The first-order chi connectivity index (χ1) is 13.1. The van der Waals surface area contributed by atoms with E-state index in [0.29, 0.717) is 12.8 Å². The molecule has 5 heteroatoms. The molecule has 5 nitrogen and oxygen atoms in total. The lowest BCUT2D eigenvalue weighted by Crippen LogP contribution is -2.48. The second-order valence-corrected chi connectivity index (χ2v) is 7.13. The van der Waals surface area contributed by atoms with E-state index in [4.69, 9.17) is 0 Å². The zero-order chi connectivity index (χ0) is 18.9. The first kappa shape index (κ1) is 17.4. The lowest BCUT2D eigenvalue weighted by molar-refractivity contribution is -0.125. The third-order valence-electron chi connectivity index (χ3n) is 5.16. The predicted molar refractivity (Wildman–Crippen MR) is 105 cm³/mol. The summed E-state index contributed by atoms with van der Waals surface area (Å²) in [6, 6.07) is 16.1. The molecule has 4 rings (SSSR count). The van der Waals surface area contributed by atoms with Gasteiger partial charge in [-0.25, -0.2) is 10.0 Å². The molecule has 0 saturated carbocycles. The molecule has 0 unspecified atom stereocenters. The molecule has 0 fully saturated rings. The van der Waals surface area contributed by atoms with E-state index in [1.807, 2.05) is 61.6 Å². The molecule has 136 valence electrons. The third kappa shape index (κ3) is 3.00. The fourth-order valence-electron chi connectivity index (χ4n) is 3.99. The predicted octanol–water partition coefficient (Wildman–Crippen LogP) is 3.02. The summed E-state index contributed by atoms with van der Waals surface area (Å²) >= 11 is 0. The van der Waals surface area contributed by atoms with Crippen LogP contribution < -0.4 is 5.01 Å². The number of anilines is 1. The summed E-state index contributed by atoms with van der Waals surface area (Å²) in [6.07, 6.45) is 8.38. The average Bonchev–Trinajstić information content (AvgIpc) is 2.92. The standard InChI is InChI=1S/C22H22N4O/c1-25(2)26-20-6-4-3-5-19(20)22(21(26)27,15-17-7-11-23-12-8-17)16-18-9-13-24-14-10-18/h3-14H,15-16H2,1-2H3. The fourth-order valence-corrected chi connectivity index (χ4v) is 3.99. The van der Waals surface area contributed by atoms with Gasteiger partial charge in [0.15, 0.2) is 0 Å². The number of pyridine rings is 2. The first-order valence-electron chi connectivity index (χ1n) is 9.01. The van der Waals surface area contributed by atoms with E-state index in [1.165, 1.54) is 0 Å². The number of hydrogen-bond donors (Lipinski definition) is 0. The van der Waals surface area contributed by atoms with Crippen LogP contribution in [0.15, 0.2) is 73.3 Å². The average molecular weight is 358 g/mol. The van der Waals surface area contributed by atoms with Crippen molar-refractivity contribution in [3.05, 3.63) is 90.0 Å². The molecule has 0 aliphatic carbocycles. The number of rotatable bonds is 5. The van der Waals surface area contributed by atoms with Crippen LogP contribution in [0.4, 0.5) is 5.69 Å². The Labute approximate surface area is 159 Å². The summed E-state index contributed by atoms with van der Waals surface area (Å²) in [6.45, 7) is 0. The van der Waals surface area contributed by atoms with Gasteiger partial charge in [-0.2, -0.15) is 0 Å². The van der Waals surface area contributed by atoms with E-state index in [2.05, 4.69) is 16.0 Å². The van der Waals surface area contributed by atoms with Crippen LogP contribution in [0.5, 0.6) is 0 Å². The van der Waals surface area contributed by atoms with Crippen LogP contribution in [-0.2, 0) is 23.1 Å². The minimum atomic E-state index is -0.663. The van der Waals surface area contributed by atoms with Gasteiger partial charge in [-0.3, -0.25) is 14.8 Å². The van der Waals surface area contributed by atoms with Crippen LogP contribution >= 0.6 is 0 Å². The van der Waals surface area contributed by atoms with Gasteiger partial charge >= 0.3 is 0 Å². The Morgan fingerprint density at radius 1 is 0.852 bits per heavy atom. The Bertz CT molecular complexity index is 899. The Hall–Kier alpha value is -3.05. The van der Waals surface area contributed by atoms with Gasteiger partial charge in [-0.1, -0.05) is 18.2 Å². The monoisotopic (exact) mass is 358 g/mol. The number of carbonyl (C=O) groups is 1. The van der Waals surface area contributed by atoms with Gasteiger partial charge in [0.1, 0.15) is 0 Å². The van der Waals surface area contributed by atoms with Crippen molar-refractivity contribution in [2.45, 2.75) is 18.3 Å². The summed E-state index contributed by atoms with van der Waals surface area (Å²) in [5, 5.41) is 3.65. The van der Waals surface area contributed by atoms with Crippen molar-refractivity contribution in [3.8, 4) is 0 Å². The molecule has 1 aromatic carbocycles. The number of para-hydroxylation sites is 1. The minimum Gasteiger partial charge on any atom is -0.272 e. The quantitative estimate of drug-likeness (QED) is 0.703. The van der Waals surface area contributed by atoms with E-state index < -0.39 is 5.41 Å². The fraction of sp³-hybridized carbons (Fsp3) is 0.227. The second-order valence-electron chi connectivity index (χ2n) is 7.13. The number of benzene rings is 1. The number of amides is 1. The smallest absolute Gasteiger partial charge is 0.252 e. The highest BCUT2D eigenvalue weighted by Crippen LogP contribution is 2.46. The van der Waals surface area contributed by atoms with Crippen LogP contribution in [0.1, 0.15) is 16.7 Å². The SMILES string of the molecule is CN(C)N1C(=O)C(Cc2ccncc2)(Cc2ccncc2)c2ccccc21. The highest BCUT2D eigenvalue weighted by atomic mass is 16.2. The molecular weight excluding hydrogens is 336 g/mol. The molecule has 27 heavy (non-hydrogen) atoms. The molecule has 0 spiro atoms. The van der Waals surface area contributed by atoms with Gasteiger partial charge in [0.25, 0.3) is 5.91 Å². The van der Waals surface area contributed by atoms with Crippen LogP contribution in [0.3, 0.4) is 0 Å². The zero-order valence-corrected chi connectivity index (χ0v) is 15.5. The second kappa shape index (κ2) is 6.93. The topological polar surface area (TPSA) is 49.3 Å². The Morgan fingerprint density at radius 2 is 1.37 bits per heavy atom. The molecule has 2 aromatic heterocycles. The molecule has 1 aliphatic rings. The van der Waals surface area contributed by atoms with Crippen molar-refractivity contribution >= 4 is 11.6 Å². The number of hydrazine groups is 1. The molecule has 0 atom stereocenters. The molecule has 3 aromatic rings. The van der Waals surface area contributed by atoms with E-state index in [1.54, 1.807) is 29.8 Å². The molecule has 3 heterocycles. The van der Waals surface area contributed by atoms with E-state index in [9.17, 15) is 4.79 Å². The highest BCUT2D eigenvalue weighted by Gasteiger charge is 2.51. The largest absolute Gasteiger partial charge is 0.272 e. The minimum absolute atomic E-state index is 0.0994. The summed E-state index contributed by atoms with van der Waals surface area (Å²) in [4.78, 5) is 22.0. The summed E-state index contributed by atoms with van der Waals surface area (Å²) < 4.78 is 0. The summed E-state index contributed by atoms with van der Waals surface area (Å²) in [5.74, 6) is 0.0994. The zero-order valence-electron chi connectivity index (χ0n) is 15.5. The van der Waals surface area contributed by atoms with E-state index in [-0.39, 0.29) is 5.91 Å². The van der Waals surface area contributed by atoms with Gasteiger partial charge in [0.05, 0.1) is 11.1 Å². The van der Waals surface area contributed by atoms with Crippen molar-refractivity contribution < 1.29 is 4.79 Å². The third-order valence-corrected chi connectivity index (χ3v) is 5.16. The van der Waals surface area contributed by atoms with Crippen LogP contribution in [0, 0.1) is 0 Å². The molecule has 0 radical (unpaired) electrons. The van der Waals surface area contributed by atoms with Crippen molar-refractivity contribution in [2.24, 2.45) is 0 Å². The maximum atomic E-state index is 13.8. The molecule has 0 saturated heterocycles. The van der Waals surface area contributed by atoms with Gasteiger partial charge in [0.2, 0.25) is 0 Å². The Balaban J connectivity index is 1.88. The van der Waals surface area contributed by atoms with Crippen molar-refractivity contribution in [3.63, 3.8) is 0 Å². The van der Waals surface area contributed by atoms with Gasteiger partial charge in [-0.15, -0.1) is 0 Å². The van der Waals surface area contributed by atoms with Crippen molar-refractivity contribution in [1.29, 1.82) is 0 Å². The molecule has 1 amide bonds. The maximum Gasteiger partial charge on any atom is 0.252 e. The summed E-state index contributed by atoms with van der Waals surface area (Å²) in [7, 11) is 3.81. The first-order valence-corrected chi connectivity index (χ1v) is 9.01. The van der Waals surface area contributed by atoms with Gasteiger partial charge in [0, 0.05) is 38.9 Å². The van der Waals surface area contributed by atoms with Crippen molar-refractivity contribution in [1.82, 2.24) is 15.0 Å². The molecule has 1 aliphatic heterocycles. The number of fused-ring (bicyclic) bond motifs is 1. The highest BCUT2D eigenvalue weighted by molar-refractivity contribution is 6.07.